The third-order valence-electron chi connectivity index (χ3n) is 4.75. The van der Waals surface area contributed by atoms with Gasteiger partial charge in [0.05, 0.1) is 12.6 Å². The van der Waals surface area contributed by atoms with Crippen molar-refractivity contribution in [2.24, 2.45) is 17.6 Å². The van der Waals surface area contributed by atoms with Gasteiger partial charge in [0.15, 0.2) is 0 Å². The molecule has 1 aliphatic rings. The molecule has 0 aliphatic heterocycles. The van der Waals surface area contributed by atoms with E-state index in [0.717, 1.165) is 11.4 Å². The highest BCUT2D eigenvalue weighted by atomic mass is 16.5. The van der Waals surface area contributed by atoms with Gasteiger partial charge in [-0.1, -0.05) is 26.7 Å². The maximum absolute atomic E-state index is 6.18. The molecule has 2 rings (SSSR count). The lowest BCUT2D eigenvalue weighted by atomic mass is 9.67. The Hall–Kier alpha value is -1.22. The minimum absolute atomic E-state index is 0.0427. The Kier molecular flexibility index (Phi) is 4.92. The standard InChI is InChI=1S/C17H28N2O/c1-13(2)16-6-4-5-11-17(16,12-18)19-14-7-9-15(20-3)10-8-14/h7-10,13,16,19H,4-6,11-12,18H2,1-3H3. The van der Waals surface area contributed by atoms with Gasteiger partial charge in [0.1, 0.15) is 5.75 Å². The summed E-state index contributed by atoms with van der Waals surface area (Å²) in [5.74, 6) is 2.19. The van der Waals surface area contributed by atoms with Gasteiger partial charge in [0.25, 0.3) is 0 Å². The number of anilines is 1. The minimum atomic E-state index is 0.0427. The van der Waals surface area contributed by atoms with Gasteiger partial charge >= 0.3 is 0 Å². The van der Waals surface area contributed by atoms with Crippen LogP contribution in [0.5, 0.6) is 5.75 Å². The molecule has 0 spiro atoms. The first-order chi connectivity index (χ1) is 9.61. The Balaban J connectivity index is 2.20. The van der Waals surface area contributed by atoms with E-state index in [-0.39, 0.29) is 5.54 Å². The Morgan fingerprint density at radius 1 is 1.30 bits per heavy atom. The predicted molar refractivity (Wildman–Crippen MR) is 85.2 cm³/mol. The predicted octanol–water partition coefficient (Wildman–Crippen LogP) is 3.65. The highest BCUT2D eigenvalue weighted by Crippen LogP contribution is 2.40. The fourth-order valence-corrected chi connectivity index (χ4v) is 3.66. The molecule has 1 aliphatic carbocycles. The largest absolute Gasteiger partial charge is 0.497 e. The maximum Gasteiger partial charge on any atom is 0.119 e. The molecule has 2 unspecified atom stereocenters. The van der Waals surface area contributed by atoms with E-state index in [0.29, 0.717) is 18.4 Å². The summed E-state index contributed by atoms with van der Waals surface area (Å²) >= 11 is 0. The molecule has 0 aromatic heterocycles. The van der Waals surface area contributed by atoms with Crippen LogP contribution in [-0.4, -0.2) is 19.2 Å². The van der Waals surface area contributed by atoms with Crippen LogP contribution in [-0.2, 0) is 0 Å². The molecule has 3 heteroatoms. The lowest BCUT2D eigenvalue weighted by Crippen LogP contribution is -2.55. The van der Waals surface area contributed by atoms with Gasteiger partial charge in [-0.15, -0.1) is 0 Å². The van der Waals surface area contributed by atoms with Gasteiger partial charge in [-0.3, -0.25) is 0 Å². The number of benzene rings is 1. The van der Waals surface area contributed by atoms with Crippen LogP contribution >= 0.6 is 0 Å². The maximum atomic E-state index is 6.18. The van der Waals surface area contributed by atoms with Gasteiger partial charge < -0.3 is 15.8 Å². The van der Waals surface area contributed by atoms with Gasteiger partial charge in [-0.05, 0) is 48.9 Å². The van der Waals surface area contributed by atoms with Crippen LogP contribution in [0.2, 0.25) is 0 Å². The molecule has 3 nitrogen and oxygen atoms in total. The van der Waals surface area contributed by atoms with Crippen LogP contribution in [0.4, 0.5) is 5.69 Å². The van der Waals surface area contributed by atoms with Crippen molar-refractivity contribution in [3.8, 4) is 5.75 Å². The van der Waals surface area contributed by atoms with Crippen LogP contribution in [0.1, 0.15) is 39.5 Å². The number of ether oxygens (including phenoxy) is 1. The molecule has 1 aromatic carbocycles. The Morgan fingerprint density at radius 2 is 2.00 bits per heavy atom. The summed E-state index contributed by atoms with van der Waals surface area (Å²) < 4.78 is 5.22. The first-order valence-electron chi connectivity index (χ1n) is 7.73. The van der Waals surface area contributed by atoms with E-state index in [1.165, 1.54) is 25.7 Å². The number of rotatable bonds is 5. The van der Waals surface area contributed by atoms with Crippen molar-refractivity contribution in [1.82, 2.24) is 0 Å². The second-order valence-corrected chi connectivity index (χ2v) is 6.31. The van der Waals surface area contributed by atoms with Crippen LogP contribution < -0.4 is 15.8 Å². The van der Waals surface area contributed by atoms with E-state index in [2.05, 4.69) is 31.3 Å². The summed E-state index contributed by atoms with van der Waals surface area (Å²) in [4.78, 5) is 0. The lowest BCUT2D eigenvalue weighted by Gasteiger charge is -2.47. The highest BCUT2D eigenvalue weighted by molar-refractivity contribution is 5.49. The summed E-state index contributed by atoms with van der Waals surface area (Å²) in [5, 5.41) is 3.75. The molecule has 2 atom stereocenters. The zero-order chi connectivity index (χ0) is 14.6. The third kappa shape index (κ3) is 3.09. The van der Waals surface area contributed by atoms with E-state index >= 15 is 0 Å². The van der Waals surface area contributed by atoms with Crippen molar-refractivity contribution in [3.63, 3.8) is 0 Å². The zero-order valence-electron chi connectivity index (χ0n) is 13.0. The first kappa shape index (κ1) is 15.2. The molecular weight excluding hydrogens is 248 g/mol. The van der Waals surface area contributed by atoms with E-state index in [1.807, 2.05) is 12.1 Å². The SMILES string of the molecule is COc1ccc(NC2(CN)CCCCC2C(C)C)cc1. The lowest BCUT2D eigenvalue weighted by molar-refractivity contribution is 0.166. The van der Waals surface area contributed by atoms with Gasteiger partial charge in [-0.2, -0.15) is 0 Å². The topological polar surface area (TPSA) is 47.3 Å². The molecule has 1 fully saturated rings. The van der Waals surface area contributed by atoms with Gasteiger partial charge in [-0.25, -0.2) is 0 Å². The van der Waals surface area contributed by atoms with E-state index in [1.54, 1.807) is 7.11 Å². The second kappa shape index (κ2) is 6.49. The number of hydrogen-bond donors (Lipinski definition) is 2. The smallest absolute Gasteiger partial charge is 0.119 e. The Morgan fingerprint density at radius 3 is 2.55 bits per heavy atom. The number of methoxy groups -OCH3 is 1. The number of hydrogen-bond acceptors (Lipinski definition) is 3. The summed E-state index contributed by atoms with van der Waals surface area (Å²) in [5.41, 5.74) is 7.37. The van der Waals surface area contributed by atoms with Crippen molar-refractivity contribution in [3.05, 3.63) is 24.3 Å². The molecular formula is C17H28N2O. The molecule has 1 aromatic rings. The summed E-state index contributed by atoms with van der Waals surface area (Å²) in [6, 6.07) is 8.17. The van der Waals surface area contributed by atoms with Crippen molar-refractivity contribution >= 4 is 5.69 Å². The normalized spacial score (nSPS) is 26.6. The molecule has 3 N–H and O–H groups in total. The monoisotopic (exact) mass is 276 g/mol. The molecule has 1 saturated carbocycles. The van der Waals surface area contributed by atoms with Crippen LogP contribution in [0.3, 0.4) is 0 Å². The first-order valence-corrected chi connectivity index (χ1v) is 7.73. The fraction of sp³-hybridized carbons (Fsp3) is 0.647. The van der Waals surface area contributed by atoms with Crippen LogP contribution in [0.15, 0.2) is 24.3 Å². The molecule has 0 heterocycles. The third-order valence-corrected chi connectivity index (χ3v) is 4.75. The number of nitrogens with one attached hydrogen (secondary N) is 1. The van der Waals surface area contributed by atoms with Crippen LogP contribution in [0.25, 0.3) is 0 Å². The average molecular weight is 276 g/mol. The van der Waals surface area contributed by atoms with Crippen LogP contribution in [0, 0.1) is 11.8 Å². The van der Waals surface area contributed by atoms with Gasteiger partial charge in [0.2, 0.25) is 0 Å². The van der Waals surface area contributed by atoms with E-state index in [9.17, 15) is 0 Å². The minimum Gasteiger partial charge on any atom is -0.497 e. The summed E-state index contributed by atoms with van der Waals surface area (Å²) in [6.45, 7) is 5.33. The summed E-state index contributed by atoms with van der Waals surface area (Å²) in [7, 11) is 1.69. The average Bonchev–Trinajstić information content (AvgIpc) is 2.48. The van der Waals surface area contributed by atoms with E-state index < -0.39 is 0 Å². The quantitative estimate of drug-likeness (QED) is 0.863. The molecule has 112 valence electrons. The zero-order valence-corrected chi connectivity index (χ0v) is 13.0. The van der Waals surface area contributed by atoms with Crippen molar-refractivity contribution in [2.45, 2.75) is 45.1 Å². The molecule has 0 radical (unpaired) electrons. The number of nitrogens with two attached hydrogens (primary N) is 1. The van der Waals surface area contributed by atoms with Gasteiger partial charge in [0, 0.05) is 12.2 Å². The summed E-state index contributed by atoms with van der Waals surface area (Å²) in [6.07, 6.45) is 5.04. The highest BCUT2D eigenvalue weighted by Gasteiger charge is 2.40. The van der Waals surface area contributed by atoms with Crippen molar-refractivity contribution in [2.75, 3.05) is 19.0 Å². The Labute approximate surface area is 122 Å². The molecule has 0 amide bonds. The molecule has 20 heavy (non-hydrogen) atoms. The van der Waals surface area contributed by atoms with E-state index in [4.69, 9.17) is 10.5 Å². The van der Waals surface area contributed by atoms with Crippen molar-refractivity contribution < 1.29 is 4.74 Å². The van der Waals surface area contributed by atoms with Crippen molar-refractivity contribution in [1.29, 1.82) is 0 Å². The fourth-order valence-electron chi connectivity index (χ4n) is 3.66. The second-order valence-electron chi connectivity index (χ2n) is 6.31. The molecule has 0 bridgehead atoms. The Bertz CT molecular complexity index is 416. The molecule has 0 saturated heterocycles.